The van der Waals surface area contributed by atoms with E-state index in [9.17, 15) is 49.5 Å². The molecule has 208 valence electrons. The number of aliphatic carboxylic acids is 2. The van der Waals surface area contributed by atoms with Crippen molar-refractivity contribution in [1.29, 1.82) is 0 Å². The molecule has 0 fully saturated rings. The number of carbonyl (C=O) groups is 3. The van der Waals surface area contributed by atoms with Crippen LogP contribution in [0.3, 0.4) is 0 Å². The van der Waals surface area contributed by atoms with E-state index in [0.29, 0.717) is 12.4 Å². The summed E-state index contributed by atoms with van der Waals surface area (Å²) >= 11 is 0. The number of carbonyl (C=O) groups excluding carboxylic acids is 1. The van der Waals surface area contributed by atoms with Crippen molar-refractivity contribution in [1.82, 2.24) is 0 Å². The molecule has 2 unspecified atom stereocenters. The van der Waals surface area contributed by atoms with Crippen molar-refractivity contribution in [3.63, 3.8) is 0 Å². The van der Waals surface area contributed by atoms with Gasteiger partial charge in [-0.15, -0.1) is 0 Å². The Morgan fingerprint density at radius 1 is 0.769 bits per heavy atom. The summed E-state index contributed by atoms with van der Waals surface area (Å²) in [6, 6.07) is 6.54. The molecule has 0 aromatic heterocycles. The Morgan fingerprint density at radius 2 is 1.21 bits per heavy atom. The first kappa shape index (κ1) is 29.1. The lowest BCUT2D eigenvalue weighted by Crippen LogP contribution is -2.40. The summed E-state index contributed by atoms with van der Waals surface area (Å²) in [5, 5.41) is 17.6. The molecule has 2 heterocycles. The second-order valence-electron chi connectivity index (χ2n) is 7.90. The van der Waals surface area contributed by atoms with Gasteiger partial charge in [0.25, 0.3) is 6.43 Å². The predicted octanol–water partition coefficient (Wildman–Crippen LogP) is 5.71. The van der Waals surface area contributed by atoms with Gasteiger partial charge in [-0.2, -0.15) is 26.3 Å². The second-order valence-corrected chi connectivity index (χ2v) is 7.90. The van der Waals surface area contributed by atoms with Gasteiger partial charge in [0.2, 0.25) is 12.2 Å². The van der Waals surface area contributed by atoms with Crippen LogP contribution in [0.4, 0.5) is 35.1 Å². The Morgan fingerprint density at radius 3 is 1.59 bits per heavy atom. The Balaban J connectivity index is 0.000000216. The molecule has 4 rings (SSSR count). The zero-order valence-corrected chi connectivity index (χ0v) is 18.9. The maximum atomic E-state index is 12.7. The first-order chi connectivity index (χ1) is 18.0. The van der Waals surface area contributed by atoms with Crippen LogP contribution in [0, 0.1) is 0 Å². The number of fused-ring (bicyclic) bond motifs is 2. The summed E-state index contributed by atoms with van der Waals surface area (Å²) in [7, 11) is 0. The van der Waals surface area contributed by atoms with E-state index in [-0.39, 0.29) is 28.2 Å². The summed E-state index contributed by atoms with van der Waals surface area (Å²) in [5.74, 6) is -3.94. The van der Waals surface area contributed by atoms with Gasteiger partial charge in [0.05, 0.1) is 11.1 Å². The molecule has 0 aliphatic carbocycles. The summed E-state index contributed by atoms with van der Waals surface area (Å²) in [6.07, 6.45) is -15.6. The fourth-order valence-electron chi connectivity index (χ4n) is 3.48. The van der Waals surface area contributed by atoms with Crippen molar-refractivity contribution in [3.8, 4) is 11.5 Å². The molecule has 7 nitrogen and oxygen atoms in total. The predicted molar refractivity (Wildman–Crippen MR) is 115 cm³/mol. The molecule has 2 aliphatic rings. The lowest BCUT2D eigenvalue weighted by atomic mass is 10.00. The molecular weight excluding hydrogens is 552 g/mol. The molecule has 0 radical (unpaired) electrons. The molecule has 2 aromatic rings. The Kier molecular flexibility index (Phi) is 8.03. The summed E-state index contributed by atoms with van der Waals surface area (Å²) in [4.78, 5) is 32.3. The maximum absolute atomic E-state index is 12.7. The lowest BCUT2D eigenvalue weighted by Gasteiger charge is -2.27. The molecular formula is C24H14F8O7. The third-order valence-corrected chi connectivity index (χ3v) is 5.22. The van der Waals surface area contributed by atoms with E-state index < -0.39 is 59.6 Å². The number of aldehydes is 1. The zero-order chi connectivity index (χ0) is 29.3. The highest BCUT2D eigenvalue weighted by molar-refractivity contribution is 5.96. The number of hydrogen-bond donors (Lipinski definition) is 2. The van der Waals surface area contributed by atoms with E-state index in [1.807, 2.05) is 0 Å². The molecule has 15 heteroatoms. The molecule has 2 atom stereocenters. The number of hydrogen-bond acceptors (Lipinski definition) is 5. The van der Waals surface area contributed by atoms with Gasteiger partial charge in [-0.05, 0) is 48.6 Å². The van der Waals surface area contributed by atoms with Crippen molar-refractivity contribution in [3.05, 3.63) is 69.8 Å². The average Bonchev–Trinajstić information content (AvgIpc) is 2.85. The third kappa shape index (κ3) is 6.53. The smallest absolute Gasteiger partial charge is 0.430 e. The molecule has 2 N–H and O–H groups in total. The van der Waals surface area contributed by atoms with Crippen LogP contribution in [-0.4, -0.2) is 53.0 Å². The van der Waals surface area contributed by atoms with E-state index >= 15 is 0 Å². The van der Waals surface area contributed by atoms with Gasteiger partial charge >= 0.3 is 24.3 Å². The van der Waals surface area contributed by atoms with Gasteiger partial charge in [0, 0.05) is 22.3 Å². The van der Waals surface area contributed by atoms with Crippen LogP contribution in [0.5, 0.6) is 11.5 Å². The Labute approximate surface area is 212 Å². The quantitative estimate of drug-likeness (QED) is 0.361. The highest BCUT2D eigenvalue weighted by Gasteiger charge is 2.49. The monoisotopic (exact) mass is 566 g/mol. The fourth-order valence-corrected chi connectivity index (χ4v) is 3.48. The molecule has 0 saturated carbocycles. The number of ether oxygens (including phenoxy) is 2. The third-order valence-electron chi connectivity index (χ3n) is 5.22. The highest BCUT2D eigenvalue weighted by Crippen LogP contribution is 2.39. The molecule has 0 amide bonds. The molecule has 2 aromatic carbocycles. The lowest BCUT2D eigenvalue weighted by molar-refractivity contribution is -0.187. The van der Waals surface area contributed by atoms with E-state index in [0.717, 1.165) is 24.3 Å². The number of halogens is 8. The molecule has 0 spiro atoms. The molecule has 39 heavy (non-hydrogen) atoms. The van der Waals surface area contributed by atoms with Gasteiger partial charge in [0.15, 0.2) is 0 Å². The second kappa shape index (κ2) is 10.7. The average molecular weight is 566 g/mol. The van der Waals surface area contributed by atoms with Crippen molar-refractivity contribution in [2.75, 3.05) is 0 Å². The Hall–Kier alpha value is -4.43. The summed E-state index contributed by atoms with van der Waals surface area (Å²) < 4.78 is 110. The van der Waals surface area contributed by atoms with Crippen molar-refractivity contribution in [2.24, 2.45) is 0 Å². The largest absolute Gasteiger partial charge is 0.478 e. The van der Waals surface area contributed by atoms with Gasteiger partial charge < -0.3 is 19.7 Å². The molecule has 0 saturated heterocycles. The maximum Gasteiger partial charge on any atom is 0.430 e. The summed E-state index contributed by atoms with van der Waals surface area (Å²) in [6.45, 7) is 0. The SMILES string of the molecule is O=C(O)C1=Cc2cc(C(F)F)ccc2OC1C(F)(F)F.O=Cc1ccc2c(c1)C=C(C(=O)O)C(C(F)(F)F)O2. The van der Waals surface area contributed by atoms with E-state index in [4.69, 9.17) is 10.2 Å². The minimum atomic E-state index is -4.91. The molecule has 0 bridgehead atoms. The number of carboxylic acids is 2. The van der Waals surface area contributed by atoms with Gasteiger partial charge in [-0.25, -0.2) is 18.4 Å². The van der Waals surface area contributed by atoms with Crippen LogP contribution in [0.2, 0.25) is 0 Å². The Bertz CT molecular complexity index is 1360. The minimum Gasteiger partial charge on any atom is -0.478 e. The van der Waals surface area contributed by atoms with Gasteiger partial charge in [-0.1, -0.05) is 0 Å². The highest BCUT2D eigenvalue weighted by atomic mass is 19.4. The van der Waals surface area contributed by atoms with Crippen molar-refractivity contribution < 1.29 is 69.2 Å². The van der Waals surface area contributed by atoms with E-state index in [2.05, 4.69) is 9.47 Å². The normalized spacial score (nSPS) is 18.2. The van der Waals surface area contributed by atoms with Crippen molar-refractivity contribution in [2.45, 2.75) is 31.0 Å². The fraction of sp³-hybridized carbons (Fsp3) is 0.208. The number of benzene rings is 2. The topological polar surface area (TPSA) is 110 Å². The van der Waals surface area contributed by atoms with E-state index in [1.165, 1.54) is 18.2 Å². The first-order valence-electron chi connectivity index (χ1n) is 10.4. The van der Waals surface area contributed by atoms with Crippen LogP contribution < -0.4 is 9.47 Å². The van der Waals surface area contributed by atoms with Crippen LogP contribution >= 0.6 is 0 Å². The standard InChI is InChI=1S/C12H7F5O3.C12H7F3O4/c13-10(14)5-1-2-8-6(3-5)4-7(11(18)19)9(20-8)12(15,16)17;13-12(14,15)10-8(11(17)18)4-7-3-6(5-16)1-2-9(7)19-10/h1-4,9-10H,(H,18,19);1-5,10H,(H,17,18). The van der Waals surface area contributed by atoms with E-state index in [1.54, 1.807) is 0 Å². The van der Waals surface area contributed by atoms with Crippen LogP contribution in [0.25, 0.3) is 12.2 Å². The van der Waals surface area contributed by atoms with Gasteiger partial charge in [0.1, 0.15) is 17.8 Å². The zero-order valence-electron chi connectivity index (χ0n) is 18.9. The number of alkyl halides is 8. The van der Waals surface area contributed by atoms with Crippen LogP contribution in [0.15, 0.2) is 47.5 Å². The minimum absolute atomic E-state index is 0.113. The van der Waals surface area contributed by atoms with Crippen molar-refractivity contribution >= 4 is 30.4 Å². The van der Waals surface area contributed by atoms with Crippen LogP contribution in [-0.2, 0) is 9.59 Å². The number of carboxylic acid groups (broad SMARTS) is 2. The summed E-state index contributed by atoms with van der Waals surface area (Å²) in [5.41, 5.74) is -2.17. The number of rotatable bonds is 4. The van der Waals surface area contributed by atoms with Crippen LogP contribution in [0.1, 0.15) is 33.5 Å². The first-order valence-corrected chi connectivity index (χ1v) is 10.4. The van der Waals surface area contributed by atoms with Gasteiger partial charge in [-0.3, -0.25) is 4.79 Å². The molecule has 2 aliphatic heterocycles.